The molecule has 0 unspecified atom stereocenters. The molecule has 1 amide bonds. The van der Waals surface area contributed by atoms with Gasteiger partial charge >= 0.3 is 0 Å². The molecular weight excluding hydrogens is 411 g/mol. The van der Waals surface area contributed by atoms with Crippen molar-refractivity contribution in [1.82, 2.24) is 4.98 Å². The fourth-order valence-electron chi connectivity index (χ4n) is 1.99. The van der Waals surface area contributed by atoms with Gasteiger partial charge in [-0.15, -0.1) is 0 Å². The zero-order valence-electron chi connectivity index (χ0n) is 11.8. The third kappa shape index (κ3) is 3.38. The molecule has 0 saturated carbocycles. The zero-order valence-corrected chi connectivity index (χ0v) is 14.8. The lowest BCUT2D eigenvalue weighted by atomic mass is 10.2. The Bertz CT molecular complexity index is 815. The first-order valence-corrected chi connectivity index (χ1v) is 8.65. The Hall–Kier alpha value is -1.67. The predicted molar refractivity (Wildman–Crippen MR) is 97.9 cm³/mol. The number of carbonyl (C=O) groups is 1. The van der Waals surface area contributed by atoms with Crippen molar-refractivity contribution in [2.75, 3.05) is 11.9 Å². The van der Waals surface area contributed by atoms with E-state index >= 15 is 0 Å². The monoisotopic (exact) mass is 424 g/mol. The van der Waals surface area contributed by atoms with Gasteiger partial charge in [-0.25, -0.2) is 4.98 Å². The molecule has 6 heteroatoms. The van der Waals surface area contributed by atoms with Crippen LogP contribution in [-0.4, -0.2) is 17.5 Å². The van der Waals surface area contributed by atoms with E-state index in [1.807, 2.05) is 37.3 Å². The van der Waals surface area contributed by atoms with Gasteiger partial charge in [0.1, 0.15) is 5.75 Å². The van der Waals surface area contributed by atoms with Gasteiger partial charge in [0.25, 0.3) is 5.91 Å². The number of anilines is 1. The molecule has 0 radical (unpaired) electrons. The van der Waals surface area contributed by atoms with Gasteiger partial charge < -0.3 is 4.74 Å². The number of carbonyl (C=O) groups excluding carboxylic acids is 1. The van der Waals surface area contributed by atoms with E-state index in [0.29, 0.717) is 17.3 Å². The third-order valence-corrected chi connectivity index (χ3v) is 4.65. The van der Waals surface area contributed by atoms with Gasteiger partial charge in [-0.2, -0.15) is 0 Å². The zero-order chi connectivity index (χ0) is 15.5. The second-order valence-electron chi connectivity index (χ2n) is 4.54. The van der Waals surface area contributed by atoms with E-state index in [9.17, 15) is 4.79 Å². The Morgan fingerprint density at radius 2 is 2.05 bits per heavy atom. The highest BCUT2D eigenvalue weighted by Crippen LogP contribution is 2.29. The number of hydrogen-bond donors (Lipinski definition) is 1. The second kappa shape index (κ2) is 6.62. The maximum absolute atomic E-state index is 12.2. The average molecular weight is 424 g/mol. The normalized spacial score (nSPS) is 10.6. The van der Waals surface area contributed by atoms with Gasteiger partial charge in [-0.3, -0.25) is 10.1 Å². The number of benzene rings is 2. The van der Waals surface area contributed by atoms with E-state index in [0.717, 1.165) is 19.5 Å². The number of aromatic nitrogens is 1. The molecule has 3 aromatic rings. The predicted octanol–water partition coefficient (Wildman–Crippen LogP) is 4.55. The lowest BCUT2D eigenvalue weighted by Gasteiger charge is -2.01. The minimum absolute atomic E-state index is 0.152. The second-order valence-corrected chi connectivity index (χ2v) is 6.82. The number of amides is 1. The number of hydrogen-bond acceptors (Lipinski definition) is 4. The number of rotatable bonds is 4. The van der Waals surface area contributed by atoms with E-state index in [4.69, 9.17) is 4.74 Å². The molecule has 3 rings (SSSR count). The lowest BCUT2D eigenvalue weighted by Crippen LogP contribution is -2.11. The fourth-order valence-corrected chi connectivity index (χ4v) is 3.23. The molecule has 1 aromatic heterocycles. The van der Waals surface area contributed by atoms with Crippen molar-refractivity contribution in [2.45, 2.75) is 6.92 Å². The van der Waals surface area contributed by atoms with Crippen LogP contribution in [-0.2, 0) is 0 Å². The Morgan fingerprint density at radius 3 is 2.77 bits per heavy atom. The van der Waals surface area contributed by atoms with E-state index in [-0.39, 0.29) is 5.91 Å². The van der Waals surface area contributed by atoms with Crippen LogP contribution in [0.4, 0.5) is 5.13 Å². The van der Waals surface area contributed by atoms with Crippen LogP contribution in [0.15, 0.2) is 42.5 Å². The topological polar surface area (TPSA) is 51.2 Å². The molecule has 0 aliphatic heterocycles. The number of nitrogens with zero attached hydrogens (tertiary/aromatic N) is 1. The third-order valence-electron chi connectivity index (χ3n) is 3.00. The average Bonchev–Trinajstić information content (AvgIpc) is 2.89. The Labute approximate surface area is 145 Å². The molecular formula is C16H13IN2O2S. The van der Waals surface area contributed by atoms with Crippen LogP contribution in [0.5, 0.6) is 5.75 Å². The molecule has 2 aromatic carbocycles. The van der Waals surface area contributed by atoms with Crippen LogP contribution >= 0.6 is 33.9 Å². The highest BCUT2D eigenvalue weighted by Gasteiger charge is 2.10. The van der Waals surface area contributed by atoms with Gasteiger partial charge in [0.05, 0.1) is 16.8 Å². The molecule has 0 aliphatic rings. The smallest absolute Gasteiger partial charge is 0.257 e. The summed E-state index contributed by atoms with van der Waals surface area (Å²) in [6, 6.07) is 13.1. The maximum atomic E-state index is 12.2. The van der Waals surface area contributed by atoms with Crippen LogP contribution in [0, 0.1) is 3.57 Å². The van der Waals surface area contributed by atoms with Crippen LogP contribution in [0.3, 0.4) is 0 Å². The van der Waals surface area contributed by atoms with Gasteiger partial charge in [-0.05, 0) is 72.0 Å². The number of nitrogens with one attached hydrogen (secondary N) is 1. The number of thiazole rings is 1. The lowest BCUT2D eigenvalue weighted by molar-refractivity contribution is 0.102. The first kappa shape index (κ1) is 15.2. The summed E-state index contributed by atoms with van der Waals surface area (Å²) in [5.41, 5.74) is 1.47. The molecule has 4 nitrogen and oxygen atoms in total. The number of ether oxygens (including phenoxy) is 1. The minimum Gasteiger partial charge on any atom is -0.494 e. The largest absolute Gasteiger partial charge is 0.494 e. The van der Waals surface area contributed by atoms with Crippen molar-refractivity contribution in [3.05, 3.63) is 51.6 Å². The van der Waals surface area contributed by atoms with Crippen LogP contribution in [0.2, 0.25) is 0 Å². The molecule has 0 fully saturated rings. The highest BCUT2D eigenvalue weighted by atomic mass is 127. The molecule has 0 aliphatic carbocycles. The fraction of sp³-hybridized carbons (Fsp3) is 0.125. The van der Waals surface area contributed by atoms with Gasteiger partial charge in [-0.1, -0.05) is 11.3 Å². The van der Waals surface area contributed by atoms with Crippen LogP contribution in [0.25, 0.3) is 10.2 Å². The van der Waals surface area contributed by atoms with E-state index in [1.165, 1.54) is 11.3 Å². The van der Waals surface area contributed by atoms with Crippen molar-refractivity contribution < 1.29 is 9.53 Å². The van der Waals surface area contributed by atoms with Crippen molar-refractivity contribution in [2.24, 2.45) is 0 Å². The molecule has 112 valence electrons. The standard InChI is InChI=1S/C16H13IN2O2S/c1-2-21-12-7-8-13-14(9-12)22-16(18-13)19-15(20)10-3-5-11(17)6-4-10/h3-9H,2H2,1H3,(H,18,19,20). The molecule has 0 saturated heterocycles. The number of fused-ring (bicyclic) bond motifs is 1. The minimum atomic E-state index is -0.152. The van der Waals surface area contributed by atoms with Gasteiger partial charge in [0.2, 0.25) is 0 Å². The molecule has 1 heterocycles. The molecule has 0 atom stereocenters. The molecule has 0 spiro atoms. The van der Waals surface area contributed by atoms with Crippen molar-refractivity contribution >= 4 is 55.2 Å². The summed E-state index contributed by atoms with van der Waals surface area (Å²) in [4.78, 5) is 16.6. The summed E-state index contributed by atoms with van der Waals surface area (Å²) in [6.07, 6.45) is 0. The summed E-state index contributed by atoms with van der Waals surface area (Å²) < 4.78 is 7.56. The maximum Gasteiger partial charge on any atom is 0.257 e. The highest BCUT2D eigenvalue weighted by molar-refractivity contribution is 14.1. The van der Waals surface area contributed by atoms with Crippen LogP contribution < -0.4 is 10.1 Å². The van der Waals surface area contributed by atoms with Gasteiger partial charge in [0, 0.05) is 9.13 Å². The van der Waals surface area contributed by atoms with Gasteiger partial charge in [0.15, 0.2) is 5.13 Å². The molecule has 22 heavy (non-hydrogen) atoms. The Balaban J connectivity index is 1.81. The van der Waals surface area contributed by atoms with E-state index in [1.54, 1.807) is 12.1 Å². The van der Waals surface area contributed by atoms with Crippen molar-refractivity contribution in [3.8, 4) is 5.75 Å². The summed E-state index contributed by atoms with van der Waals surface area (Å²) in [5, 5.41) is 3.43. The van der Waals surface area contributed by atoms with Crippen molar-refractivity contribution in [1.29, 1.82) is 0 Å². The summed E-state index contributed by atoms with van der Waals surface area (Å²) in [6.45, 7) is 2.57. The molecule has 1 N–H and O–H groups in total. The number of halogens is 1. The first-order valence-electron chi connectivity index (χ1n) is 6.76. The van der Waals surface area contributed by atoms with E-state index in [2.05, 4.69) is 32.9 Å². The summed E-state index contributed by atoms with van der Waals surface area (Å²) >= 11 is 3.65. The van der Waals surface area contributed by atoms with Crippen molar-refractivity contribution in [3.63, 3.8) is 0 Å². The SMILES string of the molecule is CCOc1ccc2nc(NC(=O)c3ccc(I)cc3)sc2c1. The van der Waals surface area contributed by atoms with Crippen LogP contribution in [0.1, 0.15) is 17.3 Å². The molecule has 0 bridgehead atoms. The summed E-state index contributed by atoms with van der Waals surface area (Å²) in [7, 11) is 0. The Morgan fingerprint density at radius 1 is 1.27 bits per heavy atom. The van der Waals surface area contributed by atoms with E-state index < -0.39 is 0 Å². The quantitative estimate of drug-likeness (QED) is 0.626. The summed E-state index contributed by atoms with van der Waals surface area (Å²) in [5.74, 6) is 0.662. The Kier molecular flexibility index (Phi) is 4.58. The first-order chi connectivity index (χ1) is 10.7.